The molecule has 0 amide bonds. The van der Waals surface area contributed by atoms with Gasteiger partial charge in [0.05, 0.1) is 6.07 Å². The topological polar surface area (TPSA) is 99.7 Å². The lowest BCUT2D eigenvalue weighted by Gasteiger charge is -2.11. The Morgan fingerprint density at radius 1 is 1.22 bits per heavy atom. The minimum atomic E-state index is -1.03. The first-order valence-corrected chi connectivity index (χ1v) is 7.00. The van der Waals surface area contributed by atoms with Crippen molar-refractivity contribution in [3.05, 3.63) is 63.4 Å². The molecular weight excluding hydrogens is 302 g/mol. The number of nitrogens with zero attached hydrogens (tertiary/aromatic N) is 1. The van der Waals surface area contributed by atoms with Gasteiger partial charge in [-0.05, 0) is 25.0 Å². The number of Topliss-reactive ketones (excluding diaryl/α,β-unsaturated/α-hetero) is 1. The second-order valence-corrected chi connectivity index (χ2v) is 4.86. The largest absolute Gasteiger partial charge is 0.448 e. The van der Waals surface area contributed by atoms with Gasteiger partial charge >= 0.3 is 11.9 Å². The number of esters is 1. The summed E-state index contributed by atoms with van der Waals surface area (Å²) in [5, 5.41) is 10.5. The van der Waals surface area contributed by atoms with E-state index in [0.717, 1.165) is 24.1 Å². The second kappa shape index (κ2) is 6.87. The molecule has 7 nitrogen and oxygen atoms in total. The van der Waals surface area contributed by atoms with Crippen LogP contribution in [0.2, 0.25) is 0 Å². The van der Waals surface area contributed by atoms with Crippen molar-refractivity contribution in [1.29, 1.82) is 0 Å². The number of nitro groups is 1. The number of benzene rings is 1. The van der Waals surface area contributed by atoms with E-state index in [2.05, 4.69) is 0 Å². The Balaban J connectivity index is 2.04. The van der Waals surface area contributed by atoms with Gasteiger partial charge in [-0.15, -0.1) is 0 Å². The summed E-state index contributed by atoms with van der Waals surface area (Å²) in [5.41, 5.74) is 1.52. The lowest BCUT2D eigenvalue weighted by Crippen LogP contribution is -2.24. The number of furan rings is 1. The highest BCUT2D eigenvalue weighted by Gasteiger charge is 2.24. The maximum atomic E-state index is 12.2. The number of hydrogen-bond donors (Lipinski definition) is 0. The van der Waals surface area contributed by atoms with Crippen molar-refractivity contribution in [2.24, 2.45) is 0 Å². The van der Waals surface area contributed by atoms with Gasteiger partial charge in [0.1, 0.15) is 4.92 Å². The summed E-state index contributed by atoms with van der Waals surface area (Å²) < 4.78 is 9.74. The Labute approximate surface area is 132 Å². The molecule has 0 radical (unpaired) electrons. The van der Waals surface area contributed by atoms with E-state index in [0.29, 0.717) is 5.56 Å². The summed E-state index contributed by atoms with van der Waals surface area (Å²) in [6.07, 6.45) is -0.171. The standard InChI is InChI=1S/C16H15NO6/c1-3-11-4-6-12(7-5-11)15(18)10(2)22-16(19)13-8-9-14(23-13)17(20)21/h4-10H,3H2,1-2H3. The molecule has 0 aliphatic heterocycles. The number of ketones is 1. The Kier molecular flexibility index (Phi) is 4.90. The number of ether oxygens (including phenoxy) is 1. The zero-order chi connectivity index (χ0) is 17.0. The first-order chi connectivity index (χ1) is 10.9. The van der Waals surface area contributed by atoms with Gasteiger partial charge < -0.3 is 9.15 Å². The molecule has 0 aliphatic carbocycles. The molecule has 0 saturated carbocycles. The summed E-state index contributed by atoms with van der Waals surface area (Å²) in [4.78, 5) is 33.8. The molecule has 0 N–H and O–H groups in total. The quantitative estimate of drug-likeness (QED) is 0.351. The number of aryl methyl sites for hydroxylation is 1. The van der Waals surface area contributed by atoms with Crippen LogP contribution in [0.4, 0.5) is 5.88 Å². The molecule has 1 unspecified atom stereocenters. The van der Waals surface area contributed by atoms with Crippen molar-refractivity contribution in [1.82, 2.24) is 0 Å². The normalized spacial score (nSPS) is 11.7. The molecule has 0 fully saturated rings. The fourth-order valence-electron chi connectivity index (χ4n) is 1.95. The molecule has 0 spiro atoms. The van der Waals surface area contributed by atoms with Crippen LogP contribution in [0, 0.1) is 10.1 Å². The molecule has 0 aliphatic rings. The van der Waals surface area contributed by atoms with Gasteiger partial charge in [0.2, 0.25) is 11.5 Å². The van der Waals surface area contributed by atoms with E-state index in [1.807, 2.05) is 19.1 Å². The first-order valence-electron chi connectivity index (χ1n) is 7.00. The smallest absolute Gasteiger partial charge is 0.433 e. The van der Waals surface area contributed by atoms with Crippen molar-refractivity contribution in [3.63, 3.8) is 0 Å². The first kappa shape index (κ1) is 16.4. The van der Waals surface area contributed by atoms with Crippen molar-refractivity contribution in [3.8, 4) is 0 Å². The van der Waals surface area contributed by atoms with E-state index >= 15 is 0 Å². The van der Waals surface area contributed by atoms with Crippen LogP contribution in [0.1, 0.15) is 40.3 Å². The van der Waals surface area contributed by atoms with Gasteiger partial charge in [0.15, 0.2) is 6.10 Å². The van der Waals surface area contributed by atoms with Crippen molar-refractivity contribution >= 4 is 17.6 Å². The summed E-state index contributed by atoms with van der Waals surface area (Å²) in [5.74, 6) is -2.17. The SMILES string of the molecule is CCc1ccc(C(=O)C(C)OC(=O)c2ccc([N+](=O)[O-])o2)cc1. The van der Waals surface area contributed by atoms with Crippen LogP contribution in [0.15, 0.2) is 40.8 Å². The summed E-state index contributed by atoms with van der Waals surface area (Å²) in [6.45, 7) is 3.44. The highest BCUT2D eigenvalue weighted by Crippen LogP contribution is 2.17. The average molecular weight is 317 g/mol. The molecule has 1 aromatic heterocycles. The van der Waals surface area contributed by atoms with E-state index in [1.54, 1.807) is 12.1 Å². The molecule has 1 heterocycles. The van der Waals surface area contributed by atoms with Gasteiger partial charge in [0, 0.05) is 5.56 Å². The third-order valence-corrected chi connectivity index (χ3v) is 3.27. The van der Waals surface area contributed by atoms with Crippen LogP contribution in [-0.4, -0.2) is 22.8 Å². The fraction of sp³-hybridized carbons (Fsp3) is 0.250. The Bertz CT molecular complexity index is 731. The molecule has 7 heteroatoms. The third kappa shape index (κ3) is 3.82. The highest BCUT2D eigenvalue weighted by molar-refractivity contribution is 6.01. The minimum Gasteiger partial charge on any atom is -0.448 e. The Morgan fingerprint density at radius 2 is 1.87 bits per heavy atom. The maximum Gasteiger partial charge on any atom is 0.433 e. The van der Waals surface area contributed by atoms with Crippen molar-refractivity contribution < 1.29 is 23.7 Å². The van der Waals surface area contributed by atoms with Crippen LogP contribution in [0.5, 0.6) is 0 Å². The molecule has 0 bridgehead atoms. The van der Waals surface area contributed by atoms with E-state index in [-0.39, 0.29) is 11.5 Å². The second-order valence-electron chi connectivity index (χ2n) is 4.86. The van der Waals surface area contributed by atoms with E-state index in [4.69, 9.17) is 9.15 Å². The van der Waals surface area contributed by atoms with E-state index in [1.165, 1.54) is 6.92 Å². The van der Waals surface area contributed by atoms with Gasteiger partial charge in [-0.25, -0.2) is 4.79 Å². The number of rotatable bonds is 6. The van der Waals surface area contributed by atoms with Crippen LogP contribution in [0.3, 0.4) is 0 Å². The molecular formula is C16H15NO6. The van der Waals surface area contributed by atoms with Gasteiger partial charge in [-0.3, -0.25) is 14.9 Å². The fourth-order valence-corrected chi connectivity index (χ4v) is 1.95. The van der Waals surface area contributed by atoms with Crippen molar-refractivity contribution in [2.75, 3.05) is 0 Å². The molecule has 2 aromatic rings. The van der Waals surface area contributed by atoms with Gasteiger partial charge in [0.25, 0.3) is 0 Å². The summed E-state index contributed by atoms with van der Waals surface area (Å²) >= 11 is 0. The molecule has 0 saturated heterocycles. The number of carbonyl (C=O) groups excluding carboxylic acids is 2. The summed E-state index contributed by atoms with van der Waals surface area (Å²) in [6, 6.07) is 9.18. The molecule has 1 aromatic carbocycles. The highest BCUT2D eigenvalue weighted by atomic mass is 16.7. The number of carbonyl (C=O) groups is 2. The average Bonchev–Trinajstić information content (AvgIpc) is 3.04. The van der Waals surface area contributed by atoms with Crippen LogP contribution >= 0.6 is 0 Å². The molecule has 1 atom stereocenters. The third-order valence-electron chi connectivity index (χ3n) is 3.27. The van der Waals surface area contributed by atoms with E-state index < -0.39 is 22.9 Å². The zero-order valence-corrected chi connectivity index (χ0v) is 12.6. The van der Waals surface area contributed by atoms with Gasteiger partial charge in [-0.1, -0.05) is 31.2 Å². The molecule has 2 rings (SSSR count). The predicted molar refractivity (Wildman–Crippen MR) is 80.4 cm³/mol. The number of hydrogen-bond acceptors (Lipinski definition) is 6. The van der Waals surface area contributed by atoms with Crippen molar-refractivity contribution in [2.45, 2.75) is 26.4 Å². The summed E-state index contributed by atoms with van der Waals surface area (Å²) in [7, 11) is 0. The zero-order valence-electron chi connectivity index (χ0n) is 12.6. The van der Waals surface area contributed by atoms with Crippen LogP contribution in [-0.2, 0) is 11.2 Å². The van der Waals surface area contributed by atoms with Gasteiger partial charge in [-0.2, -0.15) is 0 Å². The molecule has 120 valence electrons. The predicted octanol–water partition coefficient (Wildman–Crippen LogP) is 3.18. The van der Waals surface area contributed by atoms with Crippen LogP contribution in [0.25, 0.3) is 0 Å². The lowest BCUT2D eigenvalue weighted by molar-refractivity contribution is -0.402. The Morgan fingerprint density at radius 3 is 2.39 bits per heavy atom. The minimum absolute atomic E-state index is 0.322. The maximum absolute atomic E-state index is 12.2. The monoisotopic (exact) mass is 317 g/mol. The Hall–Kier alpha value is -2.96. The molecule has 23 heavy (non-hydrogen) atoms. The van der Waals surface area contributed by atoms with E-state index in [9.17, 15) is 19.7 Å². The van der Waals surface area contributed by atoms with Crippen LogP contribution < -0.4 is 0 Å². The lowest BCUT2D eigenvalue weighted by atomic mass is 10.0.